The highest BCUT2D eigenvalue weighted by Crippen LogP contribution is 2.32. The fraction of sp³-hybridized carbons (Fsp3) is 0.318. The second-order valence-electron chi connectivity index (χ2n) is 6.90. The van der Waals surface area contributed by atoms with Gasteiger partial charge in [0.25, 0.3) is 0 Å². The first-order chi connectivity index (χ1) is 13.3. The zero-order valence-electron chi connectivity index (χ0n) is 15.5. The Morgan fingerprint density at radius 3 is 2.81 bits per heavy atom. The average molecular weight is 365 g/mol. The van der Waals surface area contributed by atoms with Gasteiger partial charge in [0.1, 0.15) is 0 Å². The van der Waals surface area contributed by atoms with E-state index in [2.05, 4.69) is 27.3 Å². The third-order valence-corrected chi connectivity index (χ3v) is 5.16. The van der Waals surface area contributed by atoms with E-state index in [1.54, 1.807) is 12.1 Å². The molecule has 140 valence electrons. The van der Waals surface area contributed by atoms with Gasteiger partial charge in [-0.2, -0.15) is 0 Å². The van der Waals surface area contributed by atoms with Gasteiger partial charge in [0.15, 0.2) is 11.6 Å². The number of nitrogens with zero attached hydrogens (tertiary/aromatic N) is 2. The number of benzene rings is 2. The molecule has 0 amide bonds. The summed E-state index contributed by atoms with van der Waals surface area (Å²) in [5, 5.41) is 4.54. The van der Waals surface area contributed by atoms with Gasteiger partial charge in [-0.3, -0.25) is 9.88 Å². The largest absolute Gasteiger partial charge is 0.494 e. The van der Waals surface area contributed by atoms with Crippen molar-refractivity contribution in [1.82, 2.24) is 15.2 Å². The topological polar surface area (TPSA) is 37.4 Å². The number of aromatic nitrogens is 1. The van der Waals surface area contributed by atoms with E-state index in [0.29, 0.717) is 0 Å². The molecule has 1 unspecified atom stereocenters. The molecule has 0 bridgehead atoms. The number of hydrogen-bond acceptors (Lipinski definition) is 4. The predicted molar refractivity (Wildman–Crippen MR) is 106 cm³/mol. The molecular weight excluding hydrogens is 341 g/mol. The second-order valence-corrected chi connectivity index (χ2v) is 6.90. The summed E-state index contributed by atoms with van der Waals surface area (Å²) in [5.74, 6) is -0.0617. The van der Waals surface area contributed by atoms with Gasteiger partial charge in [-0.25, -0.2) is 4.39 Å². The molecule has 1 saturated heterocycles. The van der Waals surface area contributed by atoms with Gasteiger partial charge < -0.3 is 10.1 Å². The fourth-order valence-corrected chi connectivity index (χ4v) is 3.83. The van der Waals surface area contributed by atoms with Crippen LogP contribution < -0.4 is 10.1 Å². The van der Waals surface area contributed by atoms with E-state index in [1.165, 1.54) is 7.11 Å². The number of fused-ring (bicyclic) bond motifs is 1. The number of rotatable bonds is 4. The second kappa shape index (κ2) is 8.03. The van der Waals surface area contributed by atoms with Gasteiger partial charge in [0.2, 0.25) is 0 Å². The van der Waals surface area contributed by atoms with Crippen LogP contribution in [0.3, 0.4) is 0 Å². The fourth-order valence-electron chi connectivity index (χ4n) is 3.83. The maximum atomic E-state index is 14.5. The average Bonchev–Trinajstić information content (AvgIpc) is 2.98. The Hall–Kier alpha value is -2.50. The number of methoxy groups -OCH3 is 1. The van der Waals surface area contributed by atoms with Crippen molar-refractivity contribution in [3.63, 3.8) is 0 Å². The Kier molecular flexibility index (Phi) is 5.32. The van der Waals surface area contributed by atoms with Crippen LogP contribution in [0.25, 0.3) is 10.9 Å². The molecular formula is C22H24FN3O. The number of pyridine rings is 1. The Bertz CT molecular complexity index is 922. The van der Waals surface area contributed by atoms with E-state index in [-0.39, 0.29) is 17.6 Å². The van der Waals surface area contributed by atoms with Crippen molar-refractivity contribution in [2.45, 2.75) is 12.5 Å². The van der Waals surface area contributed by atoms with Crippen LogP contribution >= 0.6 is 0 Å². The van der Waals surface area contributed by atoms with Crippen molar-refractivity contribution in [3.8, 4) is 5.75 Å². The van der Waals surface area contributed by atoms with Crippen LogP contribution in [0.15, 0.2) is 54.7 Å². The lowest BCUT2D eigenvalue weighted by atomic mass is 9.96. The molecule has 1 atom stereocenters. The third kappa shape index (κ3) is 3.80. The molecule has 0 aliphatic carbocycles. The Morgan fingerprint density at radius 2 is 1.96 bits per heavy atom. The molecule has 1 N–H and O–H groups in total. The molecule has 0 radical (unpaired) electrons. The van der Waals surface area contributed by atoms with Gasteiger partial charge in [0, 0.05) is 31.2 Å². The summed E-state index contributed by atoms with van der Waals surface area (Å²) in [5.41, 5.74) is 2.98. The lowest BCUT2D eigenvalue weighted by molar-refractivity contribution is 0.240. The first-order valence-electron chi connectivity index (χ1n) is 9.39. The van der Waals surface area contributed by atoms with Crippen LogP contribution in [0.4, 0.5) is 4.39 Å². The molecule has 4 nitrogen and oxygen atoms in total. The zero-order chi connectivity index (χ0) is 18.6. The van der Waals surface area contributed by atoms with E-state index in [1.807, 2.05) is 30.5 Å². The Balaban J connectivity index is 1.80. The zero-order valence-corrected chi connectivity index (χ0v) is 15.5. The molecule has 3 aromatic rings. The maximum absolute atomic E-state index is 14.5. The van der Waals surface area contributed by atoms with Crippen LogP contribution in [-0.4, -0.2) is 43.2 Å². The normalized spacial score (nSPS) is 16.8. The number of nitrogens with one attached hydrogen (secondary N) is 1. The molecule has 1 aromatic heterocycles. The SMILES string of the molecule is COc1ccc(C(c2cnc3ccccc3c2)N2CCCNCC2)cc1F. The van der Waals surface area contributed by atoms with Gasteiger partial charge >= 0.3 is 0 Å². The monoisotopic (exact) mass is 365 g/mol. The number of halogens is 1. The maximum Gasteiger partial charge on any atom is 0.165 e. The molecule has 0 saturated carbocycles. The number of para-hydroxylation sites is 1. The molecule has 2 aromatic carbocycles. The molecule has 1 fully saturated rings. The summed E-state index contributed by atoms with van der Waals surface area (Å²) in [7, 11) is 1.49. The summed E-state index contributed by atoms with van der Waals surface area (Å²) in [6, 6.07) is 15.5. The van der Waals surface area contributed by atoms with Crippen molar-refractivity contribution in [2.75, 3.05) is 33.3 Å². The molecule has 5 heteroatoms. The predicted octanol–water partition coefficient (Wildman–Crippen LogP) is 3.77. The Morgan fingerprint density at radius 1 is 1.07 bits per heavy atom. The highest BCUT2D eigenvalue weighted by molar-refractivity contribution is 5.79. The van der Waals surface area contributed by atoms with Crippen LogP contribution in [0.2, 0.25) is 0 Å². The first kappa shape index (κ1) is 17.9. The highest BCUT2D eigenvalue weighted by atomic mass is 19.1. The molecule has 0 spiro atoms. The van der Waals surface area contributed by atoms with E-state index in [9.17, 15) is 4.39 Å². The lowest BCUT2D eigenvalue weighted by Gasteiger charge is -2.31. The van der Waals surface area contributed by atoms with Gasteiger partial charge in [-0.05, 0) is 48.4 Å². The summed E-state index contributed by atoms with van der Waals surface area (Å²) >= 11 is 0. The van der Waals surface area contributed by atoms with Gasteiger partial charge in [-0.1, -0.05) is 24.3 Å². The lowest BCUT2D eigenvalue weighted by Crippen LogP contribution is -2.33. The van der Waals surface area contributed by atoms with Crippen molar-refractivity contribution in [2.24, 2.45) is 0 Å². The van der Waals surface area contributed by atoms with Crippen molar-refractivity contribution >= 4 is 10.9 Å². The summed E-state index contributed by atoms with van der Waals surface area (Å²) < 4.78 is 19.6. The minimum Gasteiger partial charge on any atom is -0.494 e. The molecule has 2 heterocycles. The number of hydrogen-bond donors (Lipinski definition) is 1. The van der Waals surface area contributed by atoms with Crippen LogP contribution in [-0.2, 0) is 0 Å². The highest BCUT2D eigenvalue weighted by Gasteiger charge is 2.25. The van der Waals surface area contributed by atoms with Crippen molar-refractivity contribution in [1.29, 1.82) is 0 Å². The quantitative estimate of drug-likeness (QED) is 0.764. The number of ether oxygens (including phenoxy) is 1. The van der Waals surface area contributed by atoms with E-state index >= 15 is 0 Å². The minimum atomic E-state index is -0.332. The smallest absolute Gasteiger partial charge is 0.165 e. The van der Waals surface area contributed by atoms with E-state index in [0.717, 1.165) is 54.6 Å². The molecule has 1 aliphatic heterocycles. The van der Waals surface area contributed by atoms with Crippen LogP contribution in [0.1, 0.15) is 23.6 Å². The van der Waals surface area contributed by atoms with Crippen LogP contribution in [0, 0.1) is 5.82 Å². The van der Waals surface area contributed by atoms with Gasteiger partial charge in [-0.15, -0.1) is 0 Å². The van der Waals surface area contributed by atoms with E-state index < -0.39 is 0 Å². The first-order valence-corrected chi connectivity index (χ1v) is 9.39. The molecule has 4 rings (SSSR count). The van der Waals surface area contributed by atoms with Crippen LogP contribution in [0.5, 0.6) is 5.75 Å². The molecule has 27 heavy (non-hydrogen) atoms. The van der Waals surface area contributed by atoms with Crippen molar-refractivity contribution in [3.05, 3.63) is 71.7 Å². The standard InChI is InChI=1S/C22H24FN3O/c1-27-21-8-7-17(14-19(21)23)22(26-11-4-9-24-10-12-26)18-13-16-5-2-3-6-20(16)25-15-18/h2-3,5-8,13-15,22,24H,4,9-12H2,1H3. The summed E-state index contributed by atoms with van der Waals surface area (Å²) in [4.78, 5) is 7.05. The molecule has 1 aliphatic rings. The third-order valence-electron chi connectivity index (χ3n) is 5.16. The van der Waals surface area contributed by atoms with E-state index in [4.69, 9.17) is 4.74 Å². The Labute approximate surface area is 159 Å². The summed E-state index contributed by atoms with van der Waals surface area (Å²) in [6.07, 6.45) is 2.99. The summed E-state index contributed by atoms with van der Waals surface area (Å²) in [6.45, 7) is 3.80. The minimum absolute atomic E-state index is 0.0394. The van der Waals surface area contributed by atoms with Crippen molar-refractivity contribution < 1.29 is 9.13 Å². The van der Waals surface area contributed by atoms with Gasteiger partial charge in [0.05, 0.1) is 18.7 Å².